The number of aliphatic carboxylic acids is 1. The average molecular weight is 795 g/mol. The van der Waals surface area contributed by atoms with Gasteiger partial charge in [-0.25, -0.2) is 0 Å². The smallest absolute Gasteiger partial charge is 0.303 e. The molecule has 0 radical (unpaired) electrons. The van der Waals surface area contributed by atoms with Gasteiger partial charge in [0.05, 0.1) is 16.0 Å². The summed E-state index contributed by atoms with van der Waals surface area (Å²) < 4.78 is -0.763. The molecule has 0 saturated carbocycles. The van der Waals surface area contributed by atoms with Crippen LogP contribution in [-0.2, 0) is 19.1 Å². The number of hydrogen-bond donors (Lipinski definition) is 3. The van der Waals surface area contributed by atoms with Crippen LogP contribution in [0.1, 0.15) is 66.0 Å². The van der Waals surface area contributed by atoms with Crippen LogP contribution in [0.25, 0.3) is 0 Å². The van der Waals surface area contributed by atoms with E-state index in [1.54, 1.807) is 0 Å². The lowest BCUT2D eigenvalue weighted by Crippen LogP contribution is -2.37. The van der Waals surface area contributed by atoms with Gasteiger partial charge in [-0.15, -0.1) is 23.5 Å². The van der Waals surface area contributed by atoms with Crippen LogP contribution in [-0.4, -0.2) is 48.1 Å². The summed E-state index contributed by atoms with van der Waals surface area (Å²) in [6.07, 6.45) is 3.28. The summed E-state index contributed by atoms with van der Waals surface area (Å²) in [5.41, 5.74) is 7.39. The van der Waals surface area contributed by atoms with E-state index < -0.39 is 10.7 Å². The van der Waals surface area contributed by atoms with Gasteiger partial charge < -0.3 is 15.7 Å². The number of benzene rings is 6. The first-order chi connectivity index (χ1) is 28.0. The normalized spacial score (nSPS) is 11.2. The van der Waals surface area contributed by atoms with Gasteiger partial charge in [-0.2, -0.15) is 0 Å². The molecule has 0 aliphatic carbocycles. The molecule has 0 heterocycles. The molecule has 3 N–H and O–H groups in total. The van der Waals surface area contributed by atoms with Gasteiger partial charge in [0.25, 0.3) is 0 Å². The highest BCUT2D eigenvalue weighted by atomic mass is 32.2. The Morgan fingerprint density at radius 1 is 0.491 bits per heavy atom. The largest absolute Gasteiger partial charge is 0.481 e. The van der Waals surface area contributed by atoms with Crippen molar-refractivity contribution in [3.63, 3.8) is 0 Å². The Morgan fingerprint density at radius 2 is 0.807 bits per heavy atom. The number of nitrogens with one attached hydrogen (secondary N) is 2. The highest BCUT2D eigenvalue weighted by Crippen LogP contribution is 2.49. The van der Waals surface area contributed by atoms with E-state index in [-0.39, 0.29) is 17.2 Å². The lowest BCUT2D eigenvalue weighted by atomic mass is 9.84. The number of unbranched alkanes of at least 4 members (excludes halogenated alkanes) is 2. The van der Waals surface area contributed by atoms with Crippen molar-refractivity contribution >= 4 is 35.4 Å². The summed E-state index contributed by atoms with van der Waals surface area (Å²) in [4.78, 5) is 22.9. The molecule has 0 aliphatic heterocycles. The number of hydrogen-bond acceptors (Lipinski definition) is 5. The Bertz CT molecular complexity index is 1820. The Morgan fingerprint density at radius 3 is 1.11 bits per heavy atom. The first-order valence-electron chi connectivity index (χ1n) is 19.8. The second-order valence-corrected chi connectivity index (χ2v) is 16.3. The second kappa shape index (κ2) is 23.2. The SMILES string of the molecule is CCCCCC(=O)O.O=C(CNCCSC(c1ccccc1)(c1ccccc1)c1ccccc1)NCCSC(c1ccccc1)(c1ccccc1)c1ccccc1. The predicted molar refractivity (Wildman–Crippen MR) is 241 cm³/mol. The van der Waals surface area contributed by atoms with Gasteiger partial charge in [-0.1, -0.05) is 202 Å². The second-order valence-electron chi connectivity index (χ2n) is 13.6. The fraction of sp³-hybridized carbons (Fsp3) is 0.240. The molecule has 0 spiro atoms. The fourth-order valence-corrected chi connectivity index (χ4v) is 9.88. The van der Waals surface area contributed by atoms with Crippen LogP contribution in [0.5, 0.6) is 0 Å². The van der Waals surface area contributed by atoms with Crippen LogP contribution in [0.2, 0.25) is 0 Å². The highest BCUT2D eigenvalue weighted by molar-refractivity contribution is 8.00. The Hall–Kier alpha value is -5.08. The Labute approximate surface area is 347 Å². The van der Waals surface area contributed by atoms with Crippen molar-refractivity contribution in [1.82, 2.24) is 10.6 Å². The number of thioether (sulfide) groups is 2. The minimum absolute atomic E-state index is 0.00998. The first-order valence-corrected chi connectivity index (χ1v) is 21.8. The molecule has 6 aromatic rings. The van der Waals surface area contributed by atoms with E-state index in [0.29, 0.717) is 19.5 Å². The fourth-order valence-electron chi connectivity index (χ4n) is 7.00. The van der Waals surface area contributed by atoms with Gasteiger partial charge in [0.2, 0.25) is 5.91 Å². The number of rotatable bonds is 20. The summed E-state index contributed by atoms with van der Waals surface area (Å²) in [5.74, 6) is 0.915. The Kier molecular flexibility index (Phi) is 17.5. The molecule has 0 bridgehead atoms. The van der Waals surface area contributed by atoms with Crippen molar-refractivity contribution in [3.05, 3.63) is 215 Å². The lowest BCUT2D eigenvalue weighted by molar-refractivity contribution is -0.137. The van der Waals surface area contributed by atoms with E-state index in [1.165, 1.54) is 33.4 Å². The van der Waals surface area contributed by atoms with E-state index in [9.17, 15) is 9.59 Å². The van der Waals surface area contributed by atoms with Gasteiger partial charge >= 0.3 is 5.97 Å². The summed E-state index contributed by atoms with van der Waals surface area (Å²) in [7, 11) is 0. The van der Waals surface area contributed by atoms with Crippen LogP contribution in [0.4, 0.5) is 0 Å². The van der Waals surface area contributed by atoms with Gasteiger partial charge in [0.15, 0.2) is 0 Å². The third-order valence-corrected chi connectivity index (χ3v) is 12.8. The molecule has 6 rings (SSSR count). The molecular formula is C50H54N2O3S2. The molecule has 57 heavy (non-hydrogen) atoms. The molecule has 0 aromatic heterocycles. The first kappa shape index (κ1) is 43.1. The summed E-state index contributed by atoms with van der Waals surface area (Å²) in [5, 5.41) is 14.7. The maximum absolute atomic E-state index is 13.0. The molecule has 0 unspecified atom stereocenters. The number of carbonyl (C=O) groups excluding carboxylic acids is 1. The van der Waals surface area contributed by atoms with Crippen LogP contribution < -0.4 is 10.6 Å². The average Bonchev–Trinajstić information content (AvgIpc) is 3.27. The molecule has 7 heteroatoms. The molecule has 6 aromatic carbocycles. The molecule has 294 valence electrons. The third-order valence-electron chi connectivity index (χ3n) is 9.70. The molecule has 0 atom stereocenters. The van der Waals surface area contributed by atoms with Gasteiger partial charge in [0, 0.05) is 31.0 Å². The van der Waals surface area contributed by atoms with Crippen LogP contribution in [0, 0.1) is 0 Å². The minimum atomic E-state index is -0.682. The summed E-state index contributed by atoms with van der Waals surface area (Å²) >= 11 is 3.76. The summed E-state index contributed by atoms with van der Waals surface area (Å²) in [6.45, 7) is 3.62. The van der Waals surface area contributed by atoms with Crippen LogP contribution in [0.15, 0.2) is 182 Å². The number of amides is 1. The maximum Gasteiger partial charge on any atom is 0.303 e. The quantitative estimate of drug-likeness (QED) is 0.0528. The van der Waals surface area contributed by atoms with Gasteiger partial charge in [-0.05, 0) is 39.8 Å². The van der Waals surface area contributed by atoms with Crippen LogP contribution in [0.3, 0.4) is 0 Å². The van der Waals surface area contributed by atoms with E-state index in [1.807, 2.05) is 23.5 Å². The molecule has 5 nitrogen and oxygen atoms in total. The van der Waals surface area contributed by atoms with E-state index in [4.69, 9.17) is 5.11 Å². The summed E-state index contributed by atoms with van der Waals surface area (Å²) in [6, 6.07) is 64.2. The molecule has 0 saturated heterocycles. The van der Waals surface area contributed by atoms with Crippen molar-refractivity contribution in [2.24, 2.45) is 0 Å². The number of carboxylic acid groups (broad SMARTS) is 1. The zero-order valence-corrected chi connectivity index (χ0v) is 34.4. The zero-order valence-electron chi connectivity index (χ0n) is 32.8. The monoisotopic (exact) mass is 794 g/mol. The lowest BCUT2D eigenvalue weighted by Gasteiger charge is -2.35. The number of carbonyl (C=O) groups is 2. The van der Waals surface area contributed by atoms with E-state index in [0.717, 1.165) is 30.8 Å². The minimum Gasteiger partial charge on any atom is -0.481 e. The third kappa shape index (κ3) is 12.0. The highest BCUT2D eigenvalue weighted by Gasteiger charge is 2.37. The molecule has 0 aliphatic rings. The topological polar surface area (TPSA) is 78.4 Å². The van der Waals surface area contributed by atoms with Gasteiger partial charge in [0.1, 0.15) is 0 Å². The van der Waals surface area contributed by atoms with Crippen molar-refractivity contribution in [2.45, 2.75) is 42.1 Å². The molecule has 1 amide bonds. The zero-order chi connectivity index (χ0) is 40.0. The predicted octanol–water partition coefficient (Wildman–Crippen LogP) is 10.8. The van der Waals surface area contributed by atoms with Crippen molar-refractivity contribution in [1.29, 1.82) is 0 Å². The van der Waals surface area contributed by atoms with E-state index >= 15 is 0 Å². The van der Waals surface area contributed by atoms with Crippen molar-refractivity contribution < 1.29 is 14.7 Å². The van der Waals surface area contributed by atoms with E-state index in [2.05, 4.69) is 200 Å². The molecule has 0 fully saturated rings. The van der Waals surface area contributed by atoms with Crippen LogP contribution >= 0.6 is 23.5 Å². The number of carboxylic acids is 1. The maximum atomic E-state index is 13.0. The molecular weight excluding hydrogens is 741 g/mol. The van der Waals surface area contributed by atoms with Crippen molar-refractivity contribution in [3.8, 4) is 0 Å². The Balaban J connectivity index is 0.000000701. The standard InChI is InChI=1S/C44H42N2OS2.C6H12O2/c47-42(46-32-34-49-44(39-25-13-4-14-26-39,40-27-15-5-16-28-40)41-29-17-6-18-30-41)35-45-31-33-48-43(36-19-7-1-8-20-36,37-21-9-2-10-22-37)38-23-11-3-12-24-38;1-2-3-4-5-6(7)8/h1-30,45H,31-35H2,(H,46,47);2-5H2,1H3,(H,7,8). The van der Waals surface area contributed by atoms with Gasteiger partial charge in [-0.3, -0.25) is 9.59 Å². The van der Waals surface area contributed by atoms with Crippen molar-refractivity contribution in [2.75, 3.05) is 31.1 Å².